The fourth-order valence-electron chi connectivity index (χ4n) is 3.39. The first-order valence-electron chi connectivity index (χ1n) is 9.86. The van der Waals surface area contributed by atoms with Crippen LogP contribution in [-0.4, -0.2) is 56.0 Å². The molecule has 1 aliphatic rings. The van der Waals surface area contributed by atoms with Crippen LogP contribution in [0.2, 0.25) is 0 Å². The Morgan fingerprint density at radius 3 is 2.57 bits per heavy atom. The van der Waals surface area contributed by atoms with Crippen molar-refractivity contribution < 1.29 is 24.2 Å². The van der Waals surface area contributed by atoms with Gasteiger partial charge in [-0.1, -0.05) is 17.7 Å². The lowest BCUT2D eigenvalue weighted by molar-refractivity contribution is -0.895. The van der Waals surface area contributed by atoms with Gasteiger partial charge in [-0.2, -0.15) is 0 Å². The van der Waals surface area contributed by atoms with Gasteiger partial charge >= 0.3 is 0 Å². The standard InChI is InChI=1S/C21H28N4O3/c1-16-5-7-18(8-6-16)23-20(26)15-24-9-11-25(12-10-24)21(27)14-22-17(2)19-4-3-13-28-19/h3-8,13,17,22H,9-12,14-15H2,1-2H3,(H,23,26)/p+2/t17-/m0/s1. The van der Waals surface area contributed by atoms with Crippen LogP contribution in [0.15, 0.2) is 47.1 Å². The van der Waals surface area contributed by atoms with Crippen molar-refractivity contribution in [2.45, 2.75) is 19.9 Å². The molecule has 1 aliphatic heterocycles. The summed E-state index contributed by atoms with van der Waals surface area (Å²) in [6.45, 7) is 7.85. The molecule has 2 heterocycles. The minimum atomic E-state index is 0.0132. The molecular formula is C21H30N4O3+2. The smallest absolute Gasteiger partial charge is 0.279 e. The predicted molar refractivity (Wildman–Crippen MR) is 106 cm³/mol. The van der Waals surface area contributed by atoms with Crippen LogP contribution in [-0.2, 0) is 9.59 Å². The topological polar surface area (TPSA) is 83.6 Å². The molecule has 0 saturated carbocycles. The number of benzene rings is 1. The maximum Gasteiger partial charge on any atom is 0.279 e. The molecule has 4 N–H and O–H groups in total. The van der Waals surface area contributed by atoms with E-state index in [0.717, 1.165) is 24.5 Å². The molecule has 0 spiro atoms. The van der Waals surface area contributed by atoms with Crippen LogP contribution in [0.25, 0.3) is 0 Å². The third kappa shape index (κ3) is 5.68. The summed E-state index contributed by atoms with van der Waals surface area (Å²) in [6, 6.07) is 11.7. The van der Waals surface area contributed by atoms with Gasteiger partial charge in [0.15, 0.2) is 18.8 Å². The maximum absolute atomic E-state index is 12.4. The molecule has 28 heavy (non-hydrogen) atoms. The number of rotatable bonds is 7. The van der Waals surface area contributed by atoms with E-state index in [9.17, 15) is 9.59 Å². The van der Waals surface area contributed by atoms with Crippen LogP contribution >= 0.6 is 0 Å². The van der Waals surface area contributed by atoms with E-state index in [1.807, 2.05) is 60.5 Å². The van der Waals surface area contributed by atoms with E-state index in [2.05, 4.69) is 5.32 Å². The predicted octanol–water partition coefficient (Wildman–Crippen LogP) is -0.422. The zero-order valence-electron chi connectivity index (χ0n) is 16.6. The van der Waals surface area contributed by atoms with Crippen LogP contribution in [0.4, 0.5) is 5.69 Å². The second kappa shape index (κ2) is 9.52. The number of anilines is 1. The average Bonchev–Trinajstić information content (AvgIpc) is 3.23. The summed E-state index contributed by atoms with van der Waals surface area (Å²) in [6.07, 6.45) is 1.65. The average molecular weight is 386 g/mol. The van der Waals surface area contributed by atoms with Gasteiger partial charge in [0.25, 0.3) is 11.8 Å². The number of furan rings is 1. The Morgan fingerprint density at radius 2 is 1.93 bits per heavy atom. The van der Waals surface area contributed by atoms with Crippen molar-refractivity contribution in [1.29, 1.82) is 0 Å². The van der Waals surface area contributed by atoms with Crippen molar-refractivity contribution in [2.24, 2.45) is 0 Å². The van der Waals surface area contributed by atoms with Crippen molar-refractivity contribution in [3.05, 3.63) is 54.0 Å². The third-order valence-corrected chi connectivity index (χ3v) is 5.21. The first kappa shape index (κ1) is 20.1. The molecule has 0 aliphatic carbocycles. The Labute approximate surface area is 165 Å². The lowest BCUT2D eigenvalue weighted by Crippen LogP contribution is -3.15. The van der Waals surface area contributed by atoms with Crippen molar-refractivity contribution in [1.82, 2.24) is 4.90 Å². The number of amides is 2. The summed E-state index contributed by atoms with van der Waals surface area (Å²) in [7, 11) is 0. The number of quaternary nitrogens is 2. The zero-order valence-corrected chi connectivity index (χ0v) is 16.6. The van der Waals surface area contributed by atoms with Gasteiger partial charge in [-0.3, -0.25) is 9.59 Å². The first-order valence-corrected chi connectivity index (χ1v) is 9.86. The molecule has 1 saturated heterocycles. The highest BCUT2D eigenvalue weighted by Crippen LogP contribution is 2.08. The van der Waals surface area contributed by atoms with Crippen LogP contribution in [0, 0.1) is 6.92 Å². The summed E-state index contributed by atoms with van der Waals surface area (Å²) in [4.78, 5) is 27.8. The number of nitrogens with one attached hydrogen (secondary N) is 2. The fourth-order valence-corrected chi connectivity index (χ4v) is 3.39. The number of piperazine rings is 1. The van der Waals surface area contributed by atoms with Crippen LogP contribution < -0.4 is 15.5 Å². The van der Waals surface area contributed by atoms with Gasteiger partial charge in [-0.25, -0.2) is 0 Å². The SMILES string of the molecule is Cc1ccc(NC(=O)C[NH+]2CCN(C(=O)C[NH2+][C@@H](C)c3ccco3)CC2)cc1. The molecule has 150 valence electrons. The summed E-state index contributed by atoms with van der Waals surface area (Å²) in [5, 5.41) is 4.94. The van der Waals surface area contributed by atoms with E-state index in [1.54, 1.807) is 6.26 Å². The van der Waals surface area contributed by atoms with E-state index in [0.29, 0.717) is 26.2 Å². The molecule has 7 heteroatoms. The number of hydrogen-bond donors (Lipinski definition) is 3. The molecule has 2 aromatic rings. The molecule has 1 atom stereocenters. The Kier molecular flexibility index (Phi) is 6.84. The Balaban J connectivity index is 1.37. The lowest BCUT2D eigenvalue weighted by atomic mass is 10.2. The Morgan fingerprint density at radius 1 is 1.21 bits per heavy atom. The molecule has 1 aromatic heterocycles. The number of nitrogens with two attached hydrogens (primary N) is 1. The van der Waals surface area contributed by atoms with E-state index in [4.69, 9.17) is 4.42 Å². The van der Waals surface area contributed by atoms with Gasteiger partial charge in [0.2, 0.25) is 0 Å². The third-order valence-electron chi connectivity index (χ3n) is 5.21. The second-order valence-corrected chi connectivity index (χ2v) is 7.47. The van der Waals surface area contributed by atoms with Crippen molar-refractivity contribution >= 4 is 17.5 Å². The lowest BCUT2D eigenvalue weighted by Gasteiger charge is -2.31. The number of nitrogens with zero attached hydrogens (tertiary/aromatic N) is 1. The van der Waals surface area contributed by atoms with Crippen LogP contribution in [0.1, 0.15) is 24.3 Å². The van der Waals surface area contributed by atoms with Gasteiger partial charge in [-0.15, -0.1) is 0 Å². The van der Waals surface area contributed by atoms with Crippen molar-refractivity contribution in [3.8, 4) is 0 Å². The highest BCUT2D eigenvalue weighted by atomic mass is 16.3. The van der Waals surface area contributed by atoms with Crippen molar-refractivity contribution in [2.75, 3.05) is 44.6 Å². The van der Waals surface area contributed by atoms with E-state index >= 15 is 0 Å². The number of carbonyl (C=O) groups excluding carboxylic acids is 2. The summed E-state index contributed by atoms with van der Waals surface area (Å²) in [5.41, 5.74) is 1.99. The molecule has 1 aromatic carbocycles. The molecule has 7 nitrogen and oxygen atoms in total. The number of carbonyl (C=O) groups is 2. The molecule has 0 bridgehead atoms. The largest absolute Gasteiger partial charge is 0.463 e. The monoisotopic (exact) mass is 386 g/mol. The van der Waals surface area contributed by atoms with Gasteiger partial charge in [0.1, 0.15) is 6.04 Å². The molecule has 2 amide bonds. The maximum atomic E-state index is 12.4. The first-order chi connectivity index (χ1) is 13.5. The van der Waals surface area contributed by atoms with Crippen LogP contribution in [0.3, 0.4) is 0 Å². The number of aryl methyl sites for hydroxylation is 1. The number of hydrogen-bond acceptors (Lipinski definition) is 3. The molecule has 3 rings (SSSR count). The van der Waals surface area contributed by atoms with Gasteiger partial charge in [0.05, 0.1) is 32.4 Å². The van der Waals surface area contributed by atoms with Gasteiger partial charge in [0, 0.05) is 5.69 Å². The van der Waals surface area contributed by atoms with E-state index in [-0.39, 0.29) is 17.9 Å². The zero-order chi connectivity index (χ0) is 19.9. The molecular weight excluding hydrogens is 356 g/mol. The minimum Gasteiger partial charge on any atom is -0.463 e. The van der Waals surface area contributed by atoms with Gasteiger partial charge < -0.3 is 24.9 Å². The highest BCUT2D eigenvalue weighted by Gasteiger charge is 2.26. The quantitative estimate of drug-likeness (QED) is 0.604. The second-order valence-electron chi connectivity index (χ2n) is 7.47. The van der Waals surface area contributed by atoms with Crippen LogP contribution in [0.5, 0.6) is 0 Å². The summed E-state index contributed by atoms with van der Waals surface area (Å²) < 4.78 is 5.38. The summed E-state index contributed by atoms with van der Waals surface area (Å²) >= 11 is 0. The van der Waals surface area contributed by atoms with E-state index < -0.39 is 0 Å². The Bertz CT molecular complexity index is 765. The van der Waals surface area contributed by atoms with Crippen molar-refractivity contribution in [3.63, 3.8) is 0 Å². The fraction of sp³-hybridized carbons (Fsp3) is 0.429. The van der Waals surface area contributed by atoms with Gasteiger partial charge in [-0.05, 0) is 38.1 Å². The minimum absolute atomic E-state index is 0.0132. The normalized spacial score (nSPS) is 16.0. The molecule has 0 unspecified atom stereocenters. The van der Waals surface area contributed by atoms with E-state index in [1.165, 1.54) is 10.5 Å². The Hall–Kier alpha value is -2.64. The molecule has 0 radical (unpaired) electrons. The summed E-state index contributed by atoms with van der Waals surface area (Å²) in [5.74, 6) is 1.03. The highest BCUT2D eigenvalue weighted by molar-refractivity contribution is 5.91. The molecule has 1 fully saturated rings.